The number of aromatic nitrogens is 1. The Balaban J connectivity index is 2.17. The van der Waals surface area contributed by atoms with Crippen LogP contribution in [0.5, 0.6) is 0 Å². The van der Waals surface area contributed by atoms with Crippen LogP contribution in [0, 0.1) is 0 Å². The van der Waals surface area contributed by atoms with E-state index in [0.29, 0.717) is 13.1 Å². The molecule has 0 atom stereocenters. The van der Waals surface area contributed by atoms with Crippen LogP contribution in [0.15, 0.2) is 30.5 Å². The highest BCUT2D eigenvalue weighted by Gasteiger charge is 2.05. The monoisotopic (exact) mass is 259 g/mol. The Hall–Kier alpha value is -1.81. The summed E-state index contributed by atoms with van der Waals surface area (Å²) in [5, 5.41) is 7.31. The summed E-state index contributed by atoms with van der Waals surface area (Å²) in [7, 11) is 0. The van der Waals surface area contributed by atoms with Crippen LogP contribution in [-0.2, 0) is 17.9 Å². The minimum atomic E-state index is 0.0525. The summed E-state index contributed by atoms with van der Waals surface area (Å²) in [6.07, 6.45) is 1.97. The lowest BCUT2D eigenvalue weighted by Gasteiger charge is -2.07. The third-order valence-electron chi connectivity index (χ3n) is 3.10. The number of likely N-dealkylation sites (N-methyl/N-ethyl adjacent to an activating group) is 1. The topological polar surface area (TPSA) is 46.1 Å². The maximum Gasteiger partial charge on any atom is 0.239 e. The zero-order valence-electron chi connectivity index (χ0n) is 11.6. The number of benzene rings is 1. The van der Waals surface area contributed by atoms with Crippen molar-refractivity contribution in [2.75, 3.05) is 13.1 Å². The van der Waals surface area contributed by atoms with Crippen molar-refractivity contribution in [2.45, 2.75) is 26.9 Å². The lowest BCUT2D eigenvalue weighted by Crippen LogP contribution is -2.26. The predicted molar refractivity (Wildman–Crippen MR) is 78.0 cm³/mol. The molecule has 19 heavy (non-hydrogen) atoms. The molecule has 0 fully saturated rings. The highest BCUT2D eigenvalue weighted by Crippen LogP contribution is 2.17. The average Bonchev–Trinajstić information content (AvgIpc) is 2.79. The van der Waals surface area contributed by atoms with Crippen LogP contribution in [-0.4, -0.2) is 23.6 Å². The number of carbonyl (C=O) groups is 1. The van der Waals surface area contributed by atoms with E-state index in [1.54, 1.807) is 0 Å². The van der Waals surface area contributed by atoms with E-state index in [9.17, 15) is 4.79 Å². The molecule has 0 saturated carbocycles. The van der Waals surface area contributed by atoms with Crippen molar-refractivity contribution in [3.63, 3.8) is 0 Å². The van der Waals surface area contributed by atoms with Crippen molar-refractivity contribution in [1.29, 1.82) is 0 Å². The van der Waals surface area contributed by atoms with Crippen molar-refractivity contribution in [3.8, 4) is 0 Å². The molecule has 1 aromatic heterocycles. The Kier molecular flexibility index (Phi) is 4.58. The standard InChI is InChI=1S/C15H21N3O/c1-3-16-10-12-5-6-14-13(9-12)7-8-18(14)11-15(19)17-4-2/h5-9,16H,3-4,10-11H2,1-2H3,(H,17,19). The number of carbonyl (C=O) groups excluding carboxylic acids is 1. The van der Waals surface area contributed by atoms with Gasteiger partial charge in [-0.05, 0) is 42.6 Å². The fourth-order valence-corrected chi connectivity index (χ4v) is 2.17. The molecule has 2 rings (SSSR count). The summed E-state index contributed by atoms with van der Waals surface area (Å²) in [6, 6.07) is 8.43. The van der Waals surface area contributed by atoms with Gasteiger partial charge >= 0.3 is 0 Å². The van der Waals surface area contributed by atoms with Crippen LogP contribution in [0.3, 0.4) is 0 Å². The molecular formula is C15H21N3O. The summed E-state index contributed by atoms with van der Waals surface area (Å²) >= 11 is 0. The number of nitrogens with zero attached hydrogens (tertiary/aromatic N) is 1. The van der Waals surface area contributed by atoms with Gasteiger partial charge in [-0.15, -0.1) is 0 Å². The van der Waals surface area contributed by atoms with Gasteiger partial charge in [0.25, 0.3) is 0 Å². The molecule has 102 valence electrons. The zero-order chi connectivity index (χ0) is 13.7. The summed E-state index contributed by atoms with van der Waals surface area (Å²) in [5.41, 5.74) is 2.37. The molecule has 1 amide bonds. The number of hydrogen-bond donors (Lipinski definition) is 2. The third kappa shape index (κ3) is 3.35. The third-order valence-corrected chi connectivity index (χ3v) is 3.10. The first kappa shape index (κ1) is 13.6. The van der Waals surface area contributed by atoms with Crippen molar-refractivity contribution in [1.82, 2.24) is 15.2 Å². The highest BCUT2D eigenvalue weighted by molar-refractivity contribution is 5.83. The van der Waals surface area contributed by atoms with Gasteiger partial charge in [0.05, 0.1) is 0 Å². The molecule has 0 aliphatic carbocycles. The van der Waals surface area contributed by atoms with Crippen LogP contribution in [0.2, 0.25) is 0 Å². The normalized spacial score (nSPS) is 10.8. The zero-order valence-corrected chi connectivity index (χ0v) is 11.6. The second-order valence-corrected chi connectivity index (χ2v) is 4.57. The van der Waals surface area contributed by atoms with E-state index in [1.165, 1.54) is 10.9 Å². The van der Waals surface area contributed by atoms with Gasteiger partial charge in [0.15, 0.2) is 0 Å². The molecule has 0 aliphatic rings. The Labute approximate surface area is 113 Å². The van der Waals surface area contributed by atoms with Gasteiger partial charge in [0.2, 0.25) is 5.91 Å². The second-order valence-electron chi connectivity index (χ2n) is 4.57. The van der Waals surface area contributed by atoms with Crippen LogP contribution < -0.4 is 10.6 Å². The van der Waals surface area contributed by atoms with Gasteiger partial charge in [0.1, 0.15) is 6.54 Å². The molecule has 2 N–H and O–H groups in total. The molecule has 0 aliphatic heterocycles. The van der Waals surface area contributed by atoms with Gasteiger partial charge in [-0.2, -0.15) is 0 Å². The maximum absolute atomic E-state index is 11.6. The van der Waals surface area contributed by atoms with Crippen molar-refractivity contribution in [3.05, 3.63) is 36.0 Å². The van der Waals surface area contributed by atoms with Crippen molar-refractivity contribution in [2.24, 2.45) is 0 Å². The second kappa shape index (κ2) is 6.38. The van der Waals surface area contributed by atoms with Crippen molar-refractivity contribution < 1.29 is 4.79 Å². The first-order valence-corrected chi connectivity index (χ1v) is 6.79. The minimum absolute atomic E-state index is 0.0525. The molecule has 4 heteroatoms. The molecule has 0 unspecified atom stereocenters. The number of nitrogens with one attached hydrogen (secondary N) is 2. The van der Waals surface area contributed by atoms with Crippen LogP contribution >= 0.6 is 0 Å². The Morgan fingerprint density at radius 2 is 2.05 bits per heavy atom. The summed E-state index contributed by atoms with van der Waals surface area (Å²) in [6.45, 7) is 6.93. The quantitative estimate of drug-likeness (QED) is 0.832. The first-order valence-electron chi connectivity index (χ1n) is 6.79. The summed E-state index contributed by atoms with van der Waals surface area (Å²) in [5.74, 6) is 0.0525. The molecular weight excluding hydrogens is 238 g/mol. The molecule has 0 saturated heterocycles. The largest absolute Gasteiger partial charge is 0.355 e. The van der Waals surface area contributed by atoms with E-state index in [2.05, 4.69) is 41.8 Å². The van der Waals surface area contributed by atoms with E-state index in [4.69, 9.17) is 0 Å². The summed E-state index contributed by atoms with van der Waals surface area (Å²) < 4.78 is 1.98. The van der Waals surface area contributed by atoms with Gasteiger partial charge in [-0.1, -0.05) is 13.0 Å². The lowest BCUT2D eigenvalue weighted by atomic mass is 10.1. The SMILES string of the molecule is CCNCc1ccc2c(ccn2CC(=O)NCC)c1. The summed E-state index contributed by atoms with van der Waals surface area (Å²) in [4.78, 5) is 11.6. The maximum atomic E-state index is 11.6. The molecule has 2 aromatic rings. The average molecular weight is 259 g/mol. The number of fused-ring (bicyclic) bond motifs is 1. The molecule has 0 radical (unpaired) electrons. The van der Waals surface area contributed by atoms with Crippen LogP contribution in [0.1, 0.15) is 19.4 Å². The molecule has 1 heterocycles. The van der Waals surface area contributed by atoms with E-state index >= 15 is 0 Å². The predicted octanol–water partition coefficient (Wildman–Crippen LogP) is 1.89. The van der Waals surface area contributed by atoms with E-state index in [0.717, 1.165) is 18.6 Å². The van der Waals surface area contributed by atoms with Gasteiger partial charge in [-0.3, -0.25) is 4.79 Å². The van der Waals surface area contributed by atoms with E-state index in [-0.39, 0.29) is 5.91 Å². The van der Waals surface area contributed by atoms with Crippen molar-refractivity contribution >= 4 is 16.8 Å². The van der Waals surface area contributed by atoms with Gasteiger partial charge in [-0.25, -0.2) is 0 Å². The Morgan fingerprint density at radius 3 is 2.79 bits per heavy atom. The number of hydrogen-bond acceptors (Lipinski definition) is 2. The Bertz CT molecular complexity index is 560. The lowest BCUT2D eigenvalue weighted by molar-refractivity contribution is -0.121. The van der Waals surface area contributed by atoms with Gasteiger partial charge < -0.3 is 15.2 Å². The molecule has 4 nitrogen and oxygen atoms in total. The minimum Gasteiger partial charge on any atom is -0.355 e. The molecule has 0 bridgehead atoms. The molecule has 0 spiro atoms. The Morgan fingerprint density at radius 1 is 1.21 bits per heavy atom. The highest BCUT2D eigenvalue weighted by atomic mass is 16.1. The molecule has 1 aromatic carbocycles. The van der Waals surface area contributed by atoms with Crippen LogP contribution in [0.4, 0.5) is 0 Å². The number of amides is 1. The smallest absolute Gasteiger partial charge is 0.239 e. The van der Waals surface area contributed by atoms with E-state index in [1.807, 2.05) is 17.7 Å². The van der Waals surface area contributed by atoms with Gasteiger partial charge in [0, 0.05) is 24.8 Å². The van der Waals surface area contributed by atoms with Crippen LogP contribution in [0.25, 0.3) is 10.9 Å². The number of rotatable bonds is 6. The first-order chi connectivity index (χ1) is 9.24. The fraction of sp³-hybridized carbons (Fsp3) is 0.400. The fourth-order valence-electron chi connectivity index (χ4n) is 2.17. The van der Waals surface area contributed by atoms with E-state index < -0.39 is 0 Å².